The highest BCUT2D eigenvalue weighted by Crippen LogP contribution is 2.19. The van der Waals surface area contributed by atoms with Gasteiger partial charge in [0.15, 0.2) is 6.19 Å². The van der Waals surface area contributed by atoms with Crippen LogP contribution in [0.3, 0.4) is 0 Å². The average molecular weight is 230 g/mol. The minimum Gasteiger partial charge on any atom is -0.507 e. The van der Waals surface area contributed by atoms with Gasteiger partial charge < -0.3 is 5.11 Å². The number of benzene rings is 1. The quantitative estimate of drug-likeness (QED) is 0.555. The molecule has 1 amide bonds. The van der Waals surface area contributed by atoms with Crippen molar-refractivity contribution in [3.05, 3.63) is 29.8 Å². The highest BCUT2D eigenvalue weighted by molar-refractivity contribution is 6.08. The summed E-state index contributed by atoms with van der Waals surface area (Å²) in [7, 11) is 0. The van der Waals surface area contributed by atoms with Gasteiger partial charge in [-0.3, -0.25) is 4.79 Å². The van der Waals surface area contributed by atoms with Crippen LogP contribution >= 0.6 is 0 Å². The zero-order valence-corrected chi connectivity index (χ0v) is 8.40. The molecular weight excluding hydrogens is 224 g/mol. The molecule has 1 heterocycles. The van der Waals surface area contributed by atoms with Crippen LogP contribution < -0.4 is 4.90 Å². The average Bonchev–Trinajstić information content (AvgIpc) is 2.84. The second-order valence-corrected chi connectivity index (χ2v) is 2.98. The van der Waals surface area contributed by atoms with Crippen molar-refractivity contribution < 1.29 is 9.90 Å². The maximum atomic E-state index is 11.9. The van der Waals surface area contributed by atoms with Crippen molar-refractivity contribution in [1.29, 1.82) is 5.26 Å². The van der Waals surface area contributed by atoms with Gasteiger partial charge in [0.2, 0.25) is 0 Å². The number of nitriles is 1. The number of para-hydroxylation sites is 1. The van der Waals surface area contributed by atoms with Crippen molar-refractivity contribution in [2.75, 3.05) is 4.90 Å². The third-order valence-corrected chi connectivity index (χ3v) is 1.98. The number of phenols is 1. The van der Waals surface area contributed by atoms with Crippen molar-refractivity contribution in [2.24, 2.45) is 0 Å². The number of anilines is 1. The van der Waals surface area contributed by atoms with E-state index in [-0.39, 0.29) is 17.3 Å². The molecule has 0 unspecified atom stereocenters. The Balaban J connectivity index is 2.38. The largest absolute Gasteiger partial charge is 0.507 e. The van der Waals surface area contributed by atoms with E-state index in [1.165, 1.54) is 12.1 Å². The number of aromatic nitrogens is 4. The molecule has 1 aromatic carbocycles. The number of aromatic amines is 1. The number of carbonyl (C=O) groups is 1. The Morgan fingerprint density at radius 1 is 1.47 bits per heavy atom. The molecule has 0 saturated carbocycles. The van der Waals surface area contributed by atoms with Gasteiger partial charge in [-0.05, 0) is 22.6 Å². The lowest BCUT2D eigenvalue weighted by Gasteiger charge is -2.09. The van der Waals surface area contributed by atoms with Crippen LogP contribution in [0, 0.1) is 11.5 Å². The van der Waals surface area contributed by atoms with Crippen LogP contribution in [-0.2, 0) is 0 Å². The third kappa shape index (κ3) is 1.89. The molecule has 2 rings (SSSR count). The van der Waals surface area contributed by atoms with Crippen LogP contribution in [-0.4, -0.2) is 31.6 Å². The topological polar surface area (TPSA) is 119 Å². The van der Waals surface area contributed by atoms with Crippen LogP contribution in [0.4, 0.5) is 5.95 Å². The molecule has 2 N–H and O–H groups in total. The number of carbonyl (C=O) groups excluding carboxylic acids is 1. The van der Waals surface area contributed by atoms with E-state index in [0.717, 1.165) is 0 Å². The lowest BCUT2D eigenvalue weighted by molar-refractivity contribution is 0.0995. The molecule has 8 heteroatoms. The maximum absolute atomic E-state index is 11.9. The summed E-state index contributed by atoms with van der Waals surface area (Å²) in [6.07, 6.45) is 1.63. The molecule has 0 bridgehead atoms. The molecule has 0 aliphatic rings. The van der Waals surface area contributed by atoms with Crippen LogP contribution in [0.5, 0.6) is 5.75 Å². The number of hydrogen-bond donors (Lipinski definition) is 2. The van der Waals surface area contributed by atoms with Gasteiger partial charge in [-0.1, -0.05) is 17.2 Å². The Labute approximate surface area is 95.1 Å². The summed E-state index contributed by atoms with van der Waals surface area (Å²) in [5.74, 6) is -1.05. The fourth-order valence-corrected chi connectivity index (χ4v) is 1.21. The molecule has 0 spiro atoms. The molecule has 0 radical (unpaired) electrons. The smallest absolute Gasteiger partial charge is 0.277 e. The summed E-state index contributed by atoms with van der Waals surface area (Å²) in [5.41, 5.74) is -0.00884. The summed E-state index contributed by atoms with van der Waals surface area (Å²) >= 11 is 0. The fraction of sp³-hybridized carbons (Fsp3) is 0. The summed E-state index contributed by atoms with van der Waals surface area (Å²) in [5, 5.41) is 30.6. The number of rotatable bonds is 2. The van der Waals surface area contributed by atoms with Crippen molar-refractivity contribution in [3.63, 3.8) is 0 Å². The van der Waals surface area contributed by atoms with E-state index in [1.807, 2.05) is 0 Å². The van der Waals surface area contributed by atoms with E-state index in [2.05, 4.69) is 20.6 Å². The van der Waals surface area contributed by atoms with E-state index in [4.69, 9.17) is 5.26 Å². The second-order valence-electron chi connectivity index (χ2n) is 2.98. The van der Waals surface area contributed by atoms with E-state index in [0.29, 0.717) is 4.90 Å². The molecule has 0 saturated heterocycles. The van der Waals surface area contributed by atoms with Crippen LogP contribution in [0.25, 0.3) is 0 Å². The fourth-order valence-electron chi connectivity index (χ4n) is 1.21. The molecule has 8 nitrogen and oxygen atoms in total. The van der Waals surface area contributed by atoms with Crippen molar-refractivity contribution in [2.45, 2.75) is 0 Å². The summed E-state index contributed by atoms with van der Waals surface area (Å²) < 4.78 is 0. The molecule has 0 fully saturated rings. The van der Waals surface area contributed by atoms with Gasteiger partial charge in [0.25, 0.3) is 11.9 Å². The predicted octanol–water partition coefficient (Wildman–Crippen LogP) is 0.0332. The summed E-state index contributed by atoms with van der Waals surface area (Å²) in [4.78, 5) is 12.6. The summed E-state index contributed by atoms with van der Waals surface area (Å²) in [6, 6.07) is 5.88. The van der Waals surface area contributed by atoms with Gasteiger partial charge in [0, 0.05) is 0 Å². The Morgan fingerprint density at radius 2 is 2.24 bits per heavy atom. The van der Waals surface area contributed by atoms with E-state index < -0.39 is 5.91 Å². The highest BCUT2D eigenvalue weighted by atomic mass is 16.3. The van der Waals surface area contributed by atoms with Crippen LogP contribution in [0.1, 0.15) is 10.4 Å². The van der Waals surface area contributed by atoms with E-state index >= 15 is 0 Å². The molecule has 2 aromatic rings. The first kappa shape index (κ1) is 10.6. The zero-order chi connectivity index (χ0) is 12.3. The minimum absolute atomic E-state index is 0.00884. The third-order valence-electron chi connectivity index (χ3n) is 1.98. The van der Waals surface area contributed by atoms with Crippen LogP contribution in [0.15, 0.2) is 24.3 Å². The van der Waals surface area contributed by atoms with E-state index in [9.17, 15) is 9.90 Å². The highest BCUT2D eigenvalue weighted by Gasteiger charge is 2.22. The monoisotopic (exact) mass is 230 g/mol. The Hall–Kier alpha value is -2.95. The first-order valence-electron chi connectivity index (χ1n) is 4.50. The molecule has 84 valence electrons. The van der Waals surface area contributed by atoms with Crippen molar-refractivity contribution >= 4 is 11.9 Å². The maximum Gasteiger partial charge on any atom is 0.277 e. The number of nitrogens with zero attached hydrogens (tertiary/aromatic N) is 5. The molecule has 1 aromatic heterocycles. The minimum atomic E-state index is -0.718. The number of H-pyrrole nitrogens is 1. The summed E-state index contributed by atoms with van der Waals surface area (Å²) in [6.45, 7) is 0. The Morgan fingerprint density at radius 3 is 2.82 bits per heavy atom. The van der Waals surface area contributed by atoms with E-state index in [1.54, 1.807) is 18.3 Å². The van der Waals surface area contributed by atoms with Crippen molar-refractivity contribution in [3.8, 4) is 11.9 Å². The van der Waals surface area contributed by atoms with Crippen molar-refractivity contribution in [1.82, 2.24) is 20.6 Å². The predicted molar refractivity (Wildman–Crippen MR) is 54.7 cm³/mol. The van der Waals surface area contributed by atoms with Gasteiger partial charge >= 0.3 is 0 Å². The number of nitrogens with one attached hydrogen (secondary N) is 1. The van der Waals surface area contributed by atoms with Gasteiger partial charge in [-0.25, -0.2) is 5.10 Å². The number of hydrogen-bond acceptors (Lipinski definition) is 6. The first-order valence-corrected chi connectivity index (χ1v) is 4.50. The second kappa shape index (κ2) is 4.28. The van der Waals surface area contributed by atoms with Crippen LogP contribution in [0.2, 0.25) is 0 Å². The SMILES string of the molecule is N#CN(C(=O)c1ccccc1O)c1nnn[nH]1. The molecule has 0 aliphatic carbocycles. The number of phenolic OH excluding ortho intramolecular Hbond substituents is 1. The van der Waals surface area contributed by atoms with Gasteiger partial charge in [-0.15, -0.1) is 0 Å². The number of tetrazole rings is 1. The first-order chi connectivity index (χ1) is 8.24. The van der Waals surface area contributed by atoms with Gasteiger partial charge in [-0.2, -0.15) is 10.2 Å². The van der Waals surface area contributed by atoms with Gasteiger partial charge in [0.1, 0.15) is 5.75 Å². The molecule has 0 atom stereocenters. The zero-order valence-electron chi connectivity index (χ0n) is 8.40. The molecule has 17 heavy (non-hydrogen) atoms. The molecular formula is C9H6N6O2. The Kier molecular flexibility index (Phi) is 2.66. The number of aromatic hydroxyl groups is 1. The van der Waals surface area contributed by atoms with Gasteiger partial charge in [0.05, 0.1) is 5.56 Å². The lowest BCUT2D eigenvalue weighted by atomic mass is 10.2. The normalized spacial score (nSPS) is 9.59. The molecule has 0 aliphatic heterocycles. The Bertz CT molecular complexity index is 573. The standard InChI is InChI=1S/C9H6N6O2/c10-5-15(9-11-13-14-12-9)8(17)6-3-1-2-4-7(6)16/h1-4,16H,(H,11,12,13,14). The number of amides is 1. The lowest BCUT2D eigenvalue weighted by Crippen LogP contribution is -2.26.